The first kappa shape index (κ1) is 23.4. The number of fused-ring (bicyclic) bond motifs is 1. The molecule has 2 aromatic carbocycles. The maximum atomic E-state index is 13.1. The SMILES string of the molecule is CCC(=O)N1c2ccc(S(=O)(=O)N3CCCCC3)cc2C[C@@H]1C(=O)NCc1ccc(C)cc1. The first-order valence-electron chi connectivity index (χ1n) is 11.6. The van der Waals surface area contributed by atoms with Gasteiger partial charge in [0.1, 0.15) is 6.04 Å². The molecule has 2 aliphatic heterocycles. The van der Waals surface area contributed by atoms with Crippen molar-refractivity contribution in [3.63, 3.8) is 0 Å². The lowest BCUT2D eigenvalue weighted by atomic mass is 10.1. The lowest BCUT2D eigenvalue weighted by Gasteiger charge is -2.26. The predicted octanol–water partition coefficient (Wildman–Crippen LogP) is 3.15. The van der Waals surface area contributed by atoms with E-state index in [1.165, 1.54) is 9.21 Å². The van der Waals surface area contributed by atoms with E-state index in [0.29, 0.717) is 37.3 Å². The number of benzene rings is 2. The van der Waals surface area contributed by atoms with Gasteiger partial charge in [-0.2, -0.15) is 4.31 Å². The summed E-state index contributed by atoms with van der Waals surface area (Å²) < 4.78 is 27.8. The van der Waals surface area contributed by atoms with E-state index in [9.17, 15) is 18.0 Å². The molecule has 1 fully saturated rings. The smallest absolute Gasteiger partial charge is 0.243 e. The standard InChI is InChI=1S/C25H31N3O4S/c1-3-24(29)28-22-12-11-21(33(31,32)27-13-5-4-6-14-27)15-20(22)16-23(28)25(30)26-17-19-9-7-18(2)8-10-19/h7-12,15,23H,3-6,13-14,16-17H2,1-2H3,(H,26,30)/t23-/m1/s1. The maximum Gasteiger partial charge on any atom is 0.243 e. The minimum Gasteiger partial charge on any atom is -0.350 e. The van der Waals surface area contributed by atoms with Gasteiger partial charge in [-0.1, -0.05) is 43.2 Å². The molecule has 176 valence electrons. The zero-order chi connectivity index (χ0) is 23.6. The highest BCUT2D eigenvalue weighted by molar-refractivity contribution is 7.89. The third kappa shape index (κ3) is 4.82. The zero-order valence-corrected chi connectivity index (χ0v) is 20.0. The Bertz CT molecular complexity index is 1140. The van der Waals surface area contributed by atoms with Crippen LogP contribution in [0.1, 0.15) is 49.3 Å². The van der Waals surface area contributed by atoms with E-state index in [-0.39, 0.29) is 23.1 Å². The van der Waals surface area contributed by atoms with Crippen molar-refractivity contribution < 1.29 is 18.0 Å². The average Bonchev–Trinajstić information content (AvgIpc) is 3.22. The summed E-state index contributed by atoms with van der Waals surface area (Å²) in [5.41, 5.74) is 3.46. The van der Waals surface area contributed by atoms with Crippen molar-refractivity contribution in [3.05, 3.63) is 59.2 Å². The van der Waals surface area contributed by atoms with Crippen molar-refractivity contribution >= 4 is 27.5 Å². The molecule has 2 aliphatic rings. The summed E-state index contributed by atoms with van der Waals surface area (Å²) >= 11 is 0. The highest BCUT2D eigenvalue weighted by atomic mass is 32.2. The molecule has 0 saturated carbocycles. The summed E-state index contributed by atoms with van der Waals surface area (Å²) in [5.74, 6) is -0.398. The molecule has 0 radical (unpaired) electrons. The fourth-order valence-corrected chi connectivity index (χ4v) is 6.11. The third-order valence-corrected chi connectivity index (χ3v) is 8.34. The van der Waals surface area contributed by atoms with E-state index < -0.39 is 16.1 Å². The Morgan fingerprint density at radius 3 is 2.39 bits per heavy atom. The van der Waals surface area contributed by atoms with Gasteiger partial charge in [-0.15, -0.1) is 0 Å². The van der Waals surface area contributed by atoms with Crippen LogP contribution >= 0.6 is 0 Å². The molecule has 2 heterocycles. The lowest BCUT2D eigenvalue weighted by molar-refractivity contribution is -0.126. The summed E-state index contributed by atoms with van der Waals surface area (Å²) in [4.78, 5) is 27.6. The fraction of sp³-hybridized carbons (Fsp3) is 0.440. The Kier molecular flexibility index (Phi) is 6.86. The molecule has 2 aromatic rings. The second-order valence-electron chi connectivity index (χ2n) is 8.80. The molecule has 7 nitrogen and oxygen atoms in total. The highest BCUT2D eigenvalue weighted by Gasteiger charge is 2.38. The summed E-state index contributed by atoms with van der Waals surface area (Å²) in [7, 11) is -3.59. The molecular formula is C25H31N3O4S. The van der Waals surface area contributed by atoms with Gasteiger partial charge < -0.3 is 5.32 Å². The number of carbonyl (C=O) groups excluding carboxylic acids is 2. The lowest BCUT2D eigenvalue weighted by Crippen LogP contribution is -2.47. The number of amides is 2. The van der Waals surface area contributed by atoms with Gasteiger partial charge in [0.05, 0.1) is 4.90 Å². The van der Waals surface area contributed by atoms with Crippen LogP contribution in [0.5, 0.6) is 0 Å². The summed E-state index contributed by atoms with van der Waals surface area (Å²) in [6.07, 6.45) is 3.33. The fourth-order valence-electron chi connectivity index (χ4n) is 4.54. The predicted molar refractivity (Wildman–Crippen MR) is 127 cm³/mol. The molecule has 1 atom stereocenters. The number of piperidine rings is 1. The van der Waals surface area contributed by atoms with E-state index in [0.717, 1.165) is 30.4 Å². The highest BCUT2D eigenvalue weighted by Crippen LogP contribution is 2.35. The largest absolute Gasteiger partial charge is 0.350 e. The summed E-state index contributed by atoms with van der Waals surface area (Å²) in [6.45, 7) is 5.20. The quantitative estimate of drug-likeness (QED) is 0.704. The number of anilines is 1. The van der Waals surface area contributed by atoms with Gasteiger partial charge in [0.2, 0.25) is 21.8 Å². The molecule has 0 unspecified atom stereocenters. The average molecular weight is 470 g/mol. The van der Waals surface area contributed by atoms with E-state index >= 15 is 0 Å². The molecule has 0 aliphatic carbocycles. The maximum absolute atomic E-state index is 13.1. The van der Waals surface area contributed by atoms with E-state index in [1.54, 1.807) is 25.1 Å². The number of hydrogen-bond acceptors (Lipinski definition) is 4. The number of carbonyl (C=O) groups is 2. The van der Waals surface area contributed by atoms with E-state index in [2.05, 4.69) is 5.32 Å². The van der Waals surface area contributed by atoms with Crippen molar-refractivity contribution in [1.82, 2.24) is 9.62 Å². The van der Waals surface area contributed by atoms with Crippen LogP contribution in [0.2, 0.25) is 0 Å². The Balaban J connectivity index is 1.56. The van der Waals surface area contributed by atoms with Crippen LogP contribution in [0.3, 0.4) is 0 Å². The van der Waals surface area contributed by atoms with Crippen LogP contribution in [0, 0.1) is 6.92 Å². The third-order valence-electron chi connectivity index (χ3n) is 6.45. The van der Waals surface area contributed by atoms with Gasteiger partial charge in [-0.3, -0.25) is 14.5 Å². The Hall–Kier alpha value is -2.71. The number of rotatable bonds is 6. The molecule has 4 rings (SSSR count). The van der Waals surface area contributed by atoms with Crippen LogP contribution in [0.4, 0.5) is 5.69 Å². The molecule has 33 heavy (non-hydrogen) atoms. The normalized spacial score (nSPS) is 18.7. The number of nitrogens with one attached hydrogen (secondary N) is 1. The van der Waals surface area contributed by atoms with Crippen molar-refractivity contribution in [2.75, 3.05) is 18.0 Å². The van der Waals surface area contributed by atoms with Crippen molar-refractivity contribution in [2.45, 2.75) is 63.4 Å². The van der Waals surface area contributed by atoms with Crippen molar-refractivity contribution in [1.29, 1.82) is 0 Å². The number of sulfonamides is 1. The summed E-state index contributed by atoms with van der Waals surface area (Å²) in [5, 5.41) is 2.94. The Labute approximate surface area is 195 Å². The van der Waals surface area contributed by atoms with Crippen LogP contribution < -0.4 is 10.2 Å². The number of aryl methyl sites for hydroxylation is 1. The second kappa shape index (κ2) is 9.65. The number of hydrogen-bond donors (Lipinski definition) is 1. The summed E-state index contributed by atoms with van der Waals surface area (Å²) in [6, 6.07) is 12.1. The Morgan fingerprint density at radius 1 is 1.03 bits per heavy atom. The molecule has 8 heteroatoms. The van der Waals surface area contributed by atoms with Crippen LogP contribution in [0.15, 0.2) is 47.4 Å². The van der Waals surface area contributed by atoms with E-state index in [4.69, 9.17) is 0 Å². The minimum absolute atomic E-state index is 0.157. The van der Waals surface area contributed by atoms with Gasteiger partial charge in [0, 0.05) is 38.2 Å². The minimum atomic E-state index is -3.59. The molecule has 1 saturated heterocycles. The van der Waals surface area contributed by atoms with Crippen molar-refractivity contribution in [3.8, 4) is 0 Å². The van der Waals surface area contributed by atoms with Gasteiger partial charge >= 0.3 is 0 Å². The van der Waals surface area contributed by atoms with Crippen molar-refractivity contribution in [2.24, 2.45) is 0 Å². The number of nitrogens with zero attached hydrogens (tertiary/aromatic N) is 2. The van der Waals surface area contributed by atoms with Gasteiger partial charge in [0.25, 0.3) is 0 Å². The van der Waals surface area contributed by atoms with Crippen LogP contribution in [-0.2, 0) is 32.6 Å². The van der Waals surface area contributed by atoms with Crippen LogP contribution in [-0.4, -0.2) is 43.7 Å². The topological polar surface area (TPSA) is 86.8 Å². The van der Waals surface area contributed by atoms with Gasteiger partial charge in [0.15, 0.2) is 0 Å². The molecular weight excluding hydrogens is 438 g/mol. The van der Waals surface area contributed by atoms with Crippen LogP contribution in [0.25, 0.3) is 0 Å². The molecule has 2 amide bonds. The molecule has 0 bridgehead atoms. The van der Waals surface area contributed by atoms with Gasteiger partial charge in [-0.25, -0.2) is 8.42 Å². The first-order chi connectivity index (χ1) is 15.8. The van der Waals surface area contributed by atoms with Gasteiger partial charge in [-0.05, 0) is 49.1 Å². The second-order valence-corrected chi connectivity index (χ2v) is 10.7. The molecule has 0 spiro atoms. The van der Waals surface area contributed by atoms with E-state index in [1.807, 2.05) is 31.2 Å². The monoisotopic (exact) mass is 469 g/mol. The Morgan fingerprint density at radius 2 is 1.73 bits per heavy atom. The molecule has 1 N–H and O–H groups in total. The zero-order valence-electron chi connectivity index (χ0n) is 19.2. The first-order valence-corrected chi connectivity index (χ1v) is 13.0. The molecule has 0 aromatic heterocycles.